The third-order valence-electron chi connectivity index (χ3n) is 7.28. The summed E-state index contributed by atoms with van der Waals surface area (Å²) in [5.74, 6) is -1.07. The van der Waals surface area contributed by atoms with Gasteiger partial charge in [-0.1, -0.05) is 36.8 Å². The number of carbonyl (C=O) groups excluding carboxylic acids is 1. The van der Waals surface area contributed by atoms with Crippen molar-refractivity contribution in [2.24, 2.45) is 0 Å². The van der Waals surface area contributed by atoms with Crippen LogP contribution in [0.3, 0.4) is 0 Å². The predicted molar refractivity (Wildman–Crippen MR) is 136 cm³/mol. The minimum atomic E-state index is -5.27. The van der Waals surface area contributed by atoms with Gasteiger partial charge in [0.2, 0.25) is 15.9 Å². The van der Waals surface area contributed by atoms with Gasteiger partial charge in [0.1, 0.15) is 6.04 Å². The molecule has 1 aliphatic carbocycles. The first-order valence-corrected chi connectivity index (χ1v) is 14.6. The Morgan fingerprint density at radius 2 is 1.68 bits per heavy atom. The van der Waals surface area contributed by atoms with Crippen molar-refractivity contribution in [1.82, 2.24) is 14.9 Å². The van der Waals surface area contributed by atoms with Gasteiger partial charge in [-0.3, -0.25) is 9.69 Å². The van der Waals surface area contributed by atoms with E-state index in [0.29, 0.717) is 25.0 Å². The number of carbonyl (C=O) groups is 1. The zero-order valence-electron chi connectivity index (χ0n) is 21.6. The number of halogens is 6. The highest BCUT2D eigenvalue weighted by Gasteiger charge is 2.45. The van der Waals surface area contributed by atoms with Gasteiger partial charge in [0.05, 0.1) is 22.9 Å². The van der Waals surface area contributed by atoms with E-state index >= 15 is 0 Å². The van der Waals surface area contributed by atoms with Crippen LogP contribution in [-0.2, 0) is 34.0 Å². The van der Waals surface area contributed by atoms with Gasteiger partial charge in [0.25, 0.3) is 0 Å². The molecule has 2 atom stereocenters. The van der Waals surface area contributed by atoms with E-state index in [-0.39, 0.29) is 0 Å². The first-order valence-electron chi connectivity index (χ1n) is 13.1. The van der Waals surface area contributed by atoms with Crippen LogP contribution in [0.4, 0.5) is 26.3 Å². The molecule has 1 aliphatic heterocycles. The zero-order chi connectivity index (χ0) is 29.1. The molecule has 1 heterocycles. The van der Waals surface area contributed by atoms with Crippen molar-refractivity contribution in [2.45, 2.75) is 80.8 Å². The summed E-state index contributed by atoms with van der Waals surface area (Å²) in [6.45, 7) is 2.86. The summed E-state index contributed by atoms with van der Waals surface area (Å²) < 4.78 is 108. The molecule has 1 fully saturated rings. The molecule has 13 heteroatoms. The van der Waals surface area contributed by atoms with Gasteiger partial charge in [-0.05, 0) is 74.0 Å². The lowest BCUT2D eigenvalue weighted by molar-refractivity contribution is -0.158. The molecular formula is C27H31F6N3O3S. The minimum absolute atomic E-state index is 0.461. The summed E-state index contributed by atoms with van der Waals surface area (Å²) in [6.07, 6.45) is -6.18. The number of amides is 1. The van der Waals surface area contributed by atoms with E-state index in [2.05, 4.69) is 16.3 Å². The van der Waals surface area contributed by atoms with E-state index < -0.39 is 57.2 Å². The smallest absolute Gasteiger partial charge is 0.349 e. The van der Waals surface area contributed by atoms with E-state index in [1.807, 2.05) is 12.1 Å². The van der Waals surface area contributed by atoms with E-state index in [1.54, 1.807) is 0 Å². The summed E-state index contributed by atoms with van der Waals surface area (Å²) >= 11 is 0. The maximum Gasteiger partial charge on any atom is 0.417 e. The lowest BCUT2D eigenvalue weighted by Gasteiger charge is -2.30. The summed E-state index contributed by atoms with van der Waals surface area (Å²) in [7, 11) is -5.27. The second-order valence-electron chi connectivity index (χ2n) is 10.3. The van der Waals surface area contributed by atoms with Crippen molar-refractivity contribution >= 4 is 15.9 Å². The number of hydrogen-bond donors (Lipinski definition) is 2. The largest absolute Gasteiger partial charge is 0.417 e. The molecule has 2 N–H and O–H groups in total. The summed E-state index contributed by atoms with van der Waals surface area (Å²) in [5.41, 5.74) is 1.32. The van der Waals surface area contributed by atoms with Crippen molar-refractivity contribution in [1.29, 1.82) is 0 Å². The predicted octanol–water partition coefficient (Wildman–Crippen LogP) is 5.48. The van der Waals surface area contributed by atoms with Gasteiger partial charge in [-0.15, -0.1) is 0 Å². The second kappa shape index (κ2) is 12.1. The average Bonchev–Trinajstić information content (AvgIpc) is 2.88. The van der Waals surface area contributed by atoms with Crippen molar-refractivity contribution in [3.63, 3.8) is 0 Å². The normalized spacial score (nSPS) is 19.6. The van der Waals surface area contributed by atoms with Gasteiger partial charge < -0.3 is 5.32 Å². The Hall–Kier alpha value is -2.64. The first kappa shape index (κ1) is 30.3. The fourth-order valence-electron chi connectivity index (χ4n) is 5.34. The molecule has 1 saturated heterocycles. The molecule has 2 aromatic rings. The van der Waals surface area contributed by atoms with Crippen LogP contribution in [0.1, 0.15) is 66.8 Å². The van der Waals surface area contributed by atoms with Gasteiger partial charge in [0, 0.05) is 6.54 Å². The fraction of sp³-hybridized carbons (Fsp3) is 0.519. The molecule has 220 valence electrons. The molecule has 1 amide bonds. The standard InChI is InChI=1S/C27H31F6N3O3S/c28-26(29,30)21-8-2-3-10-23(21)40(38,39)35-24(27(31,32)33)16-25(37)34-22-9-6-7-19-15-18(11-12-20(19)22)17-36-13-4-1-5-14-36/h2-3,8,10-12,15,22,24,35H,1,4-7,9,13-14,16-17H2,(H,34,37)/t22-,24-/m1/s1. The van der Waals surface area contributed by atoms with Crippen molar-refractivity contribution in [3.8, 4) is 0 Å². The Kier molecular flexibility index (Phi) is 9.15. The third kappa shape index (κ3) is 7.55. The Labute approximate surface area is 229 Å². The average molecular weight is 592 g/mol. The Morgan fingerprint density at radius 3 is 2.35 bits per heavy atom. The lowest BCUT2D eigenvalue weighted by Crippen LogP contribution is -2.48. The van der Waals surface area contributed by atoms with Crippen LogP contribution >= 0.6 is 0 Å². The molecule has 40 heavy (non-hydrogen) atoms. The van der Waals surface area contributed by atoms with E-state index in [4.69, 9.17) is 0 Å². The minimum Gasteiger partial charge on any atom is -0.349 e. The zero-order valence-corrected chi connectivity index (χ0v) is 22.4. The molecule has 0 bridgehead atoms. The van der Waals surface area contributed by atoms with Crippen molar-refractivity contribution in [2.75, 3.05) is 13.1 Å². The van der Waals surface area contributed by atoms with Crippen LogP contribution < -0.4 is 10.0 Å². The molecule has 6 nitrogen and oxygen atoms in total. The first-order chi connectivity index (χ1) is 18.7. The quantitative estimate of drug-likeness (QED) is 0.399. The molecule has 0 unspecified atom stereocenters. The van der Waals surface area contributed by atoms with Crippen LogP contribution in [0.5, 0.6) is 0 Å². The van der Waals surface area contributed by atoms with E-state index in [9.17, 15) is 39.6 Å². The highest BCUT2D eigenvalue weighted by Crippen LogP contribution is 2.35. The maximum absolute atomic E-state index is 13.8. The SMILES string of the molecule is O=C(C[C@@H](NS(=O)(=O)c1ccccc1C(F)(F)F)C(F)(F)F)N[C@@H]1CCCc2cc(CN3CCCCC3)ccc21. The second-order valence-corrected chi connectivity index (χ2v) is 12.0. The number of alkyl halides is 6. The molecule has 0 spiro atoms. The number of fused-ring (bicyclic) bond motifs is 1. The number of hydrogen-bond acceptors (Lipinski definition) is 4. The molecule has 0 radical (unpaired) electrons. The Balaban J connectivity index is 1.46. The lowest BCUT2D eigenvalue weighted by atomic mass is 9.86. The molecular weight excluding hydrogens is 560 g/mol. The summed E-state index contributed by atoms with van der Waals surface area (Å²) in [6, 6.07) is 5.32. The number of aryl methyl sites for hydroxylation is 1. The highest BCUT2D eigenvalue weighted by molar-refractivity contribution is 7.89. The van der Waals surface area contributed by atoms with Crippen LogP contribution in [0, 0.1) is 0 Å². The van der Waals surface area contributed by atoms with Gasteiger partial charge in [0.15, 0.2) is 0 Å². The fourth-order valence-corrected chi connectivity index (χ4v) is 6.79. The Bertz CT molecular complexity index is 1310. The number of likely N-dealkylation sites (tertiary alicyclic amines) is 1. The Morgan fingerprint density at radius 1 is 0.975 bits per heavy atom. The maximum atomic E-state index is 13.8. The van der Waals surface area contributed by atoms with Crippen LogP contribution in [0.25, 0.3) is 0 Å². The van der Waals surface area contributed by atoms with Crippen LogP contribution in [0.2, 0.25) is 0 Å². The van der Waals surface area contributed by atoms with Gasteiger partial charge in [-0.2, -0.15) is 31.1 Å². The van der Waals surface area contributed by atoms with E-state index in [1.165, 1.54) is 11.1 Å². The number of benzene rings is 2. The number of piperidine rings is 1. The van der Waals surface area contributed by atoms with Gasteiger partial charge in [-0.25, -0.2) is 8.42 Å². The number of nitrogens with one attached hydrogen (secondary N) is 2. The van der Waals surface area contributed by atoms with E-state index in [0.717, 1.165) is 67.7 Å². The van der Waals surface area contributed by atoms with Gasteiger partial charge >= 0.3 is 12.4 Å². The number of rotatable bonds is 8. The summed E-state index contributed by atoms with van der Waals surface area (Å²) in [4.78, 5) is 13.7. The molecule has 0 aromatic heterocycles. The van der Waals surface area contributed by atoms with Crippen molar-refractivity contribution in [3.05, 3.63) is 64.7 Å². The topological polar surface area (TPSA) is 78.5 Å². The third-order valence-corrected chi connectivity index (χ3v) is 8.81. The number of nitrogens with zero attached hydrogens (tertiary/aromatic N) is 1. The number of sulfonamides is 1. The monoisotopic (exact) mass is 591 g/mol. The molecule has 0 saturated carbocycles. The van der Waals surface area contributed by atoms with Crippen molar-refractivity contribution < 1.29 is 39.6 Å². The molecule has 2 aromatic carbocycles. The van der Waals surface area contributed by atoms with Crippen LogP contribution in [0.15, 0.2) is 47.4 Å². The molecule has 4 rings (SSSR count). The molecule has 2 aliphatic rings. The van der Waals surface area contributed by atoms with Crippen LogP contribution in [-0.4, -0.2) is 44.5 Å². The summed E-state index contributed by atoms with van der Waals surface area (Å²) in [5, 5.41) is 2.58. The highest BCUT2D eigenvalue weighted by atomic mass is 32.2.